The molecule has 4 heteroatoms. The molecule has 2 aromatic heterocycles. The highest BCUT2D eigenvalue weighted by Gasteiger charge is 2.38. The van der Waals surface area contributed by atoms with Crippen molar-refractivity contribution in [3.63, 3.8) is 0 Å². The average Bonchev–Trinajstić information content (AvgIpc) is 3.78. The number of hydrogen-bond acceptors (Lipinski definition) is 2. The lowest BCUT2D eigenvalue weighted by Gasteiger charge is -2.23. The van der Waals surface area contributed by atoms with E-state index in [1.54, 1.807) is 0 Å². The Morgan fingerprint density at radius 2 is 0.922 bits per heavy atom. The minimum atomic E-state index is -0.213. The number of rotatable bonds is 3. The number of hydrogen-bond donors (Lipinski definition) is 0. The lowest BCUT2D eigenvalue weighted by atomic mass is 9.81. The molecule has 0 spiro atoms. The smallest absolute Gasteiger partial charge is 0.0998 e. The number of para-hydroxylation sites is 3. The van der Waals surface area contributed by atoms with Crippen LogP contribution >= 0.6 is 0 Å². The van der Waals surface area contributed by atoms with E-state index in [-0.39, 0.29) is 5.41 Å². The standard InChI is InChI=1S/C47H30N4/c1-47(2)41-15-7-3-11-35(41)39-23-24-40-38-14-6-10-18-44(38)51(46(40)45(39)47)32-20-22-34(30(26-32)28-49)33-21-19-31(25-29(33)27-48)50-42-16-8-4-12-36(42)37-13-5-9-17-43(37)50/h3-26H,1-2H3. The molecule has 0 atom stereocenters. The molecule has 0 bridgehead atoms. The van der Waals surface area contributed by atoms with E-state index in [1.807, 2.05) is 36.4 Å². The number of fused-ring (bicyclic) bond motifs is 10. The van der Waals surface area contributed by atoms with E-state index in [2.05, 4.69) is 144 Å². The molecule has 10 rings (SSSR count). The average molecular weight is 651 g/mol. The molecular formula is C47H30N4. The van der Waals surface area contributed by atoms with Crippen LogP contribution in [0.5, 0.6) is 0 Å². The summed E-state index contributed by atoms with van der Waals surface area (Å²) in [5.41, 5.74) is 13.7. The number of nitriles is 2. The molecular weight excluding hydrogens is 621 g/mol. The van der Waals surface area contributed by atoms with Crippen LogP contribution in [0.2, 0.25) is 0 Å². The predicted molar refractivity (Wildman–Crippen MR) is 208 cm³/mol. The molecule has 9 aromatic rings. The van der Waals surface area contributed by atoms with Gasteiger partial charge in [-0.2, -0.15) is 10.5 Å². The SMILES string of the molecule is CC1(C)c2ccccc2-c2ccc3c4ccccc4n(-c4ccc(-c5ccc(-n6c7ccccc7c7ccccc76)cc5C#N)c(C#N)c4)c3c21. The van der Waals surface area contributed by atoms with Gasteiger partial charge in [-0.25, -0.2) is 0 Å². The molecule has 0 radical (unpaired) electrons. The molecule has 1 aliphatic carbocycles. The summed E-state index contributed by atoms with van der Waals surface area (Å²) >= 11 is 0. The van der Waals surface area contributed by atoms with Crippen LogP contribution in [0.1, 0.15) is 36.1 Å². The lowest BCUT2D eigenvalue weighted by Crippen LogP contribution is -2.16. The van der Waals surface area contributed by atoms with E-state index in [0.717, 1.165) is 39.1 Å². The second-order valence-electron chi connectivity index (χ2n) is 14.0. The van der Waals surface area contributed by atoms with E-state index in [4.69, 9.17) is 0 Å². The van der Waals surface area contributed by atoms with Crippen molar-refractivity contribution in [2.24, 2.45) is 0 Å². The van der Waals surface area contributed by atoms with Gasteiger partial charge in [0.1, 0.15) is 0 Å². The van der Waals surface area contributed by atoms with Gasteiger partial charge < -0.3 is 9.13 Å². The van der Waals surface area contributed by atoms with Crippen LogP contribution in [0.15, 0.2) is 146 Å². The van der Waals surface area contributed by atoms with Crippen molar-refractivity contribution >= 4 is 43.6 Å². The largest absolute Gasteiger partial charge is 0.309 e. The van der Waals surface area contributed by atoms with Gasteiger partial charge >= 0.3 is 0 Å². The first-order chi connectivity index (χ1) is 25.0. The lowest BCUT2D eigenvalue weighted by molar-refractivity contribution is 0.664. The molecule has 7 aromatic carbocycles. The second kappa shape index (κ2) is 10.6. The van der Waals surface area contributed by atoms with Crippen LogP contribution in [0, 0.1) is 22.7 Å². The quantitative estimate of drug-likeness (QED) is 0.191. The molecule has 0 saturated heterocycles. The highest BCUT2D eigenvalue weighted by atomic mass is 15.0. The maximum Gasteiger partial charge on any atom is 0.0998 e. The summed E-state index contributed by atoms with van der Waals surface area (Å²) in [6.45, 7) is 4.63. The van der Waals surface area contributed by atoms with Crippen molar-refractivity contribution in [3.05, 3.63) is 168 Å². The van der Waals surface area contributed by atoms with Gasteiger partial charge in [0.15, 0.2) is 0 Å². The van der Waals surface area contributed by atoms with Crippen LogP contribution in [-0.2, 0) is 5.41 Å². The molecule has 0 fully saturated rings. The van der Waals surface area contributed by atoms with Crippen LogP contribution in [-0.4, -0.2) is 9.13 Å². The van der Waals surface area contributed by atoms with Gasteiger partial charge in [0.2, 0.25) is 0 Å². The zero-order valence-electron chi connectivity index (χ0n) is 28.1. The third kappa shape index (κ3) is 3.93. The molecule has 4 nitrogen and oxygen atoms in total. The molecule has 0 saturated carbocycles. The zero-order chi connectivity index (χ0) is 34.4. The monoisotopic (exact) mass is 650 g/mol. The molecule has 51 heavy (non-hydrogen) atoms. The Morgan fingerprint density at radius 1 is 0.451 bits per heavy atom. The van der Waals surface area contributed by atoms with E-state index < -0.39 is 0 Å². The number of aromatic nitrogens is 2. The summed E-state index contributed by atoms with van der Waals surface area (Å²) in [5, 5.41) is 25.9. The van der Waals surface area contributed by atoms with Crippen LogP contribution in [0.25, 0.3) is 77.2 Å². The fourth-order valence-electron chi connectivity index (χ4n) is 8.78. The Balaban J connectivity index is 1.17. The van der Waals surface area contributed by atoms with Crippen molar-refractivity contribution in [3.8, 4) is 45.8 Å². The first kappa shape index (κ1) is 29.1. The summed E-state index contributed by atoms with van der Waals surface area (Å²) in [6, 6.07) is 55.5. The second-order valence-corrected chi connectivity index (χ2v) is 14.0. The van der Waals surface area contributed by atoms with Gasteiger partial charge in [-0.05, 0) is 64.7 Å². The minimum absolute atomic E-state index is 0.213. The predicted octanol–water partition coefficient (Wildman–Crippen LogP) is 11.6. The normalized spacial score (nSPS) is 13.0. The van der Waals surface area contributed by atoms with Crippen LogP contribution in [0.3, 0.4) is 0 Å². The van der Waals surface area contributed by atoms with E-state index in [1.165, 1.54) is 49.3 Å². The highest BCUT2D eigenvalue weighted by molar-refractivity contribution is 6.13. The fraction of sp³-hybridized carbons (Fsp3) is 0.0638. The molecule has 0 unspecified atom stereocenters. The topological polar surface area (TPSA) is 57.4 Å². The molecule has 0 N–H and O–H groups in total. The van der Waals surface area contributed by atoms with E-state index in [9.17, 15) is 10.5 Å². The Hall–Kier alpha value is -6.88. The summed E-state index contributed by atoms with van der Waals surface area (Å²) in [5.74, 6) is 0. The Kier molecular flexibility index (Phi) is 6.02. The summed E-state index contributed by atoms with van der Waals surface area (Å²) < 4.78 is 4.54. The van der Waals surface area contributed by atoms with Crippen molar-refractivity contribution < 1.29 is 0 Å². The first-order valence-corrected chi connectivity index (χ1v) is 17.2. The zero-order valence-corrected chi connectivity index (χ0v) is 28.1. The van der Waals surface area contributed by atoms with Crippen molar-refractivity contribution in [1.29, 1.82) is 10.5 Å². The maximum atomic E-state index is 10.6. The Labute approximate surface area is 295 Å². The molecule has 0 aliphatic heterocycles. The van der Waals surface area contributed by atoms with Crippen molar-refractivity contribution in [2.45, 2.75) is 19.3 Å². The Morgan fingerprint density at radius 3 is 1.51 bits per heavy atom. The summed E-state index contributed by atoms with van der Waals surface area (Å²) in [7, 11) is 0. The maximum absolute atomic E-state index is 10.6. The fourth-order valence-corrected chi connectivity index (χ4v) is 8.78. The molecule has 2 heterocycles. The van der Waals surface area contributed by atoms with Gasteiger partial charge in [0.05, 0.1) is 45.3 Å². The van der Waals surface area contributed by atoms with Gasteiger partial charge in [0, 0.05) is 49.5 Å². The molecule has 238 valence electrons. The number of nitrogens with zero attached hydrogens (tertiary/aromatic N) is 4. The van der Waals surface area contributed by atoms with Gasteiger partial charge in [-0.15, -0.1) is 0 Å². The Bertz CT molecular complexity index is 2980. The third-order valence-corrected chi connectivity index (χ3v) is 11.0. The van der Waals surface area contributed by atoms with Crippen LogP contribution in [0.4, 0.5) is 0 Å². The minimum Gasteiger partial charge on any atom is -0.309 e. The van der Waals surface area contributed by atoms with Gasteiger partial charge in [-0.3, -0.25) is 0 Å². The molecule has 1 aliphatic rings. The third-order valence-electron chi connectivity index (χ3n) is 11.0. The van der Waals surface area contributed by atoms with Crippen LogP contribution < -0.4 is 0 Å². The first-order valence-electron chi connectivity index (χ1n) is 17.2. The molecule has 0 amide bonds. The summed E-state index contributed by atoms with van der Waals surface area (Å²) in [4.78, 5) is 0. The van der Waals surface area contributed by atoms with E-state index >= 15 is 0 Å². The van der Waals surface area contributed by atoms with E-state index in [0.29, 0.717) is 11.1 Å². The number of benzene rings is 7. The highest BCUT2D eigenvalue weighted by Crippen LogP contribution is 2.53. The van der Waals surface area contributed by atoms with Gasteiger partial charge in [0.25, 0.3) is 0 Å². The van der Waals surface area contributed by atoms with Crippen molar-refractivity contribution in [2.75, 3.05) is 0 Å². The van der Waals surface area contributed by atoms with Crippen molar-refractivity contribution in [1.82, 2.24) is 9.13 Å². The summed E-state index contributed by atoms with van der Waals surface area (Å²) in [6.07, 6.45) is 0. The van der Waals surface area contributed by atoms with Gasteiger partial charge in [-0.1, -0.05) is 117 Å².